The maximum Gasteiger partial charge on any atom is 0.0919 e. The lowest BCUT2D eigenvalue weighted by Gasteiger charge is -2.45. The predicted octanol–water partition coefficient (Wildman–Crippen LogP) is 3.68. The van der Waals surface area contributed by atoms with Crippen LogP contribution < -0.4 is 0 Å². The Morgan fingerprint density at radius 2 is 1.90 bits per heavy atom. The summed E-state index contributed by atoms with van der Waals surface area (Å²) in [6, 6.07) is 8.98. The molecule has 3 rings (SSSR count). The topological polar surface area (TPSA) is 23.5 Å². The Kier molecular flexibility index (Phi) is 4.42. The fourth-order valence-electron chi connectivity index (χ4n) is 4.24. The molecule has 2 fully saturated rings. The molecule has 0 spiro atoms. The summed E-state index contributed by atoms with van der Waals surface area (Å²) in [5, 5.41) is 10.6. The van der Waals surface area contributed by atoms with Crippen LogP contribution in [0.25, 0.3) is 0 Å². The zero-order valence-corrected chi connectivity index (χ0v) is 12.6. The molecule has 3 atom stereocenters. The summed E-state index contributed by atoms with van der Waals surface area (Å²) in [7, 11) is 0. The highest BCUT2D eigenvalue weighted by Gasteiger charge is 2.34. The van der Waals surface area contributed by atoms with Crippen LogP contribution in [0.1, 0.15) is 55.8 Å². The normalized spacial score (nSPS) is 28.9. The Hall–Kier alpha value is -0.860. The summed E-state index contributed by atoms with van der Waals surface area (Å²) in [4.78, 5) is 2.57. The van der Waals surface area contributed by atoms with Crippen molar-refractivity contribution < 1.29 is 5.11 Å². The van der Waals surface area contributed by atoms with Crippen LogP contribution in [0.4, 0.5) is 0 Å². The number of piperidine rings is 1. The van der Waals surface area contributed by atoms with Crippen molar-refractivity contribution in [1.29, 1.82) is 0 Å². The minimum Gasteiger partial charge on any atom is -0.387 e. The number of benzene rings is 1. The van der Waals surface area contributed by atoms with Gasteiger partial charge in [-0.3, -0.25) is 4.90 Å². The summed E-state index contributed by atoms with van der Waals surface area (Å²) in [6.45, 7) is 4.08. The molecule has 2 aliphatic rings. The third-order valence-corrected chi connectivity index (χ3v) is 5.31. The molecule has 110 valence electrons. The fourth-order valence-corrected chi connectivity index (χ4v) is 4.24. The van der Waals surface area contributed by atoms with Crippen LogP contribution >= 0.6 is 0 Å². The lowest BCUT2D eigenvalue weighted by molar-refractivity contribution is 0.0203. The van der Waals surface area contributed by atoms with Gasteiger partial charge in [0.05, 0.1) is 6.10 Å². The first-order valence-corrected chi connectivity index (χ1v) is 8.23. The highest BCUT2D eigenvalue weighted by atomic mass is 16.3. The fraction of sp³-hybridized carbons (Fsp3) is 0.667. The number of rotatable bonds is 3. The van der Waals surface area contributed by atoms with Crippen LogP contribution in [-0.2, 0) is 0 Å². The van der Waals surface area contributed by atoms with Crippen molar-refractivity contribution in [2.45, 2.75) is 57.6 Å². The molecule has 2 heteroatoms. The van der Waals surface area contributed by atoms with E-state index in [1.54, 1.807) is 0 Å². The van der Waals surface area contributed by atoms with Crippen molar-refractivity contribution in [3.05, 3.63) is 35.4 Å². The number of β-amino-alcohol motifs (C(OH)–C–C–N with tert-alkyl or cyclic N) is 1. The summed E-state index contributed by atoms with van der Waals surface area (Å²) in [6.07, 6.45) is 7.90. The first kappa shape index (κ1) is 14.1. The van der Waals surface area contributed by atoms with E-state index < -0.39 is 0 Å². The van der Waals surface area contributed by atoms with Crippen molar-refractivity contribution >= 4 is 0 Å². The van der Waals surface area contributed by atoms with Crippen molar-refractivity contribution in [2.24, 2.45) is 5.92 Å². The monoisotopic (exact) mass is 273 g/mol. The molecule has 0 radical (unpaired) electrons. The Morgan fingerprint density at radius 1 is 1.15 bits per heavy atom. The molecule has 0 amide bonds. The molecule has 1 aromatic carbocycles. The van der Waals surface area contributed by atoms with Gasteiger partial charge in [0.25, 0.3) is 0 Å². The number of hydrogen-bond acceptors (Lipinski definition) is 2. The van der Waals surface area contributed by atoms with Crippen molar-refractivity contribution in [3.63, 3.8) is 0 Å². The maximum absolute atomic E-state index is 10.6. The number of hydrogen-bond donors (Lipinski definition) is 1. The van der Waals surface area contributed by atoms with E-state index in [0.29, 0.717) is 0 Å². The van der Waals surface area contributed by atoms with Gasteiger partial charge in [0.2, 0.25) is 0 Å². The highest BCUT2D eigenvalue weighted by Crippen LogP contribution is 2.36. The molecule has 0 bridgehead atoms. The van der Waals surface area contributed by atoms with Crippen molar-refractivity contribution in [3.8, 4) is 0 Å². The summed E-state index contributed by atoms with van der Waals surface area (Å²) in [5.74, 6) is 0.890. The maximum atomic E-state index is 10.6. The van der Waals surface area contributed by atoms with Gasteiger partial charge in [0, 0.05) is 12.6 Å². The van der Waals surface area contributed by atoms with Crippen LogP contribution in [0.3, 0.4) is 0 Å². The van der Waals surface area contributed by atoms with E-state index in [4.69, 9.17) is 0 Å². The van der Waals surface area contributed by atoms with Gasteiger partial charge < -0.3 is 5.11 Å². The number of aryl methyl sites for hydroxylation is 1. The van der Waals surface area contributed by atoms with E-state index in [0.717, 1.165) is 24.1 Å². The quantitative estimate of drug-likeness (QED) is 0.908. The summed E-state index contributed by atoms with van der Waals surface area (Å²) >= 11 is 0. The lowest BCUT2D eigenvalue weighted by atomic mass is 9.78. The van der Waals surface area contributed by atoms with Crippen LogP contribution in [0.5, 0.6) is 0 Å². The molecule has 20 heavy (non-hydrogen) atoms. The largest absolute Gasteiger partial charge is 0.387 e. The van der Waals surface area contributed by atoms with E-state index in [-0.39, 0.29) is 6.10 Å². The molecular weight excluding hydrogens is 246 g/mol. The van der Waals surface area contributed by atoms with Crippen LogP contribution in [0.2, 0.25) is 0 Å². The number of aliphatic hydroxyl groups is 1. The van der Waals surface area contributed by atoms with Gasteiger partial charge in [0.1, 0.15) is 0 Å². The molecule has 1 heterocycles. The Morgan fingerprint density at radius 3 is 2.75 bits per heavy atom. The van der Waals surface area contributed by atoms with Gasteiger partial charge in [-0.1, -0.05) is 37.1 Å². The molecule has 0 aromatic heterocycles. The SMILES string of the molecule is Cc1ccccc1C(O)CN1CCCC2CCCCC21. The first-order valence-electron chi connectivity index (χ1n) is 8.23. The number of nitrogens with zero attached hydrogens (tertiary/aromatic N) is 1. The lowest BCUT2D eigenvalue weighted by Crippen LogP contribution is -2.48. The van der Waals surface area contributed by atoms with Crippen LogP contribution in [0, 0.1) is 12.8 Å². The average molecular weight is 273 g/mol. The van der Waals surface area contributed by atoms with E-state index in [2.05, 4.69) is 24.0 Å². The molecule has 1 aromatic rings. The average Bonchev–Trinajstić information content (AvgIpc) is 2.48. The van der Waals surface area contributed by atoms with Crippen LogP contribution in [-0.4, -0.2) is 29.1 Å². The standard InChI is InChI=1S/C18H27NO/c1-14-7-2-4-10-16(14)18(20)13-19-12-6-9-15-8-3-5-11-17(15)19/h2,4,7,10,15,17-18,20H,3,5-6,8-9,11-13H2,1H3. The Balaban J connectivity index is 1.68. The number of aliphatic hydroxyl groups excluding tert-OH is 1. The predicted molar refractivity (Wildman–Crippen MR) is 82.7 cm³/mol. The van der Waals surface area contributed by atoms with Crippen molar-refractivity contribution in [2.75, 3.05) is 13.1 Å². The summed E-state index contributed by atoms with van der Waals surface area (Å²) < 4.78 is 0. The highest BCUT2D eigenvalue weighted by molar-refractivity contribution is 5.27. The molecule has 3 unspecified atom stereocenters. The third kappa shape index (κ3) is 2.91. The zero-order chi connectivity index (χ0) is 13.9. The van der Waals surface area contributed by atoms with Gasteiger partial charge in [-0.25, -0.2) is 0 Å². The zero-order valence-electron chi connectivity index (χ0n) is 12.6. The van der Waals surface area contributed by atoms with E-state index in [9.17, 15) is 5.11 Å². The van der Waals surface area contributed by atoms with Gasteiger partial charge >= 0.3 is 0 Å². The second-order valence-corrected chi connectivity index (χ2v) is 6.62. The van der Waals surface area contributed by atoms with E-state index >= 15 is 0 Å². The van der Waals surface area contributed by atoms with Crippen LogP contribution in [0.15, 0.2) is 24.3 Å². The van der Waals surface area contributed by atoms with Gasteiger partial charge in [-0.05, 0) is 56.2 Å². The first-order chi connectivity index (χ1) is 9.75. The summed E-state index contributed by atoms with van der Waals surface area (Å²) in [5.41, 5.74) is 2.31. The minimum absolute atomic E-state index is 0.336. The van der Waals surface area contributed by atoms with Gasteiger partial charge in [0.15, 0.2) is 0 Å². The molecule has 1 saturated heterocycles. The molecule has 1 aliphatic heterocycles. The molecule has 1 saturated carbocycles. The molecular formula is C18H27NO. The minimum atomic E-state index is -0.336. The second kappa shape index (κ2) is 6.28. The van der Waals surface area contributed by atoms with Gasteiger partial charge in [-0.15, -0.1) is 0 Å². The molecule has 2 nitrogen and oxygen atoms in total. The smallest absolute Gasteiger partial charge is 0.0919 e. The second-order valence-electron chi connectivity index (χ2n) is 6.62. The van der Waals surface area contributed by atoms with Gasteiger partial charge in [-0.2, -0.15) is 0 Å². The van der Waals surface area contributed by atoms with E-state index in [1.807, 2.05) is 12.1 Å². The van der Waals surface area contributed by atoms with Crippen molar-refractivity contribution in [1.82, 2.24) is 4.90 Å². The molecule has 1 N–H and O–H groups in total. The molecule has 1 aliphatic carbocycles. The van der Waals surface area contributed by atoms with E-state index in [1.165, 1.54) is 50.6 Å². The Labute approximate surface area is 122 Å². The number of fused-ring (bicyclic) bond motifs is 1. The number of likely N-dealkylation sites (tertiary alicyclic amines) is 1. The Bertz CT molecular complexity index is 443. The third-order valence-electron chi connectivity index (χ3n) is 5.31.